The van der Waals surface area contributed by atoms with Crippen LogP contribution in [0.25, 0.3) is 0 Å². The Balaban J connectivity index is 2.73. The van der Waals surface area contributed by atoms with Gasteiger partial charge in [0.25, 0.3) is 5.91 Å². The summed E-state index contributed by atoms with van der Waals surface area (Å²) in [5.74, 6) is -0.824. The topological polar surface area (TPSA) is 55.4 Å². The van der Waals surface area contributed by atoms with Crippen molar-refractivity contribution in [1.29, 1.82) is 0 Å². The van der Waals surface area contributed by atoms with E-state index in [2.05, 4.69) is 21.2 Å². The highest BCUT2D eigenvalue weighted by Crippen LogP contribution is 2.21. The number of hydrogen-bond acceptors (Lipinski definition) is 3. The lowest BCUT2D eigenvalue weighted by atomic mass is 10.2. The molecule has 1 unspecified atom stereocenters. The summed E-state index contributed by atoms with van der Waals surface area (Å²) < 4.78 is 5.38. The molecule has 1 atom stereocenters. The fourth-order valence-electron chi connectivity index (χ4n) is 1.27. The number of amides is 1. The van der Waals surface area contributed by atoms with E-state index >= 15 is 0 Å². The molecule has 0 heterocycles. The number of benzene rings is 1. The maximum atomic E-state index is 11.9. The van der Waals surface area contributed by atoms with Gasteiger partial charge in [-0.05, 0) is 48.0 Å². The van der Waals surface area contributed by atoms with Crippen LogP contribution in [0.2, 0.25) is 5.02 Å². The Morgan fingerprint density at radius 1 is 1.50 bits per heavy atom. The van der Waals surface area contributed by atoms with Crippen LogP contribution in [0.1, 0.15) is 24.2 Å². The minimum absolute atomic E-state index is 0.281. The van der Waals surface area contributed by atoms with Gasteiger partial charge in [-0.1, -0.05) is 11.6 Å². The standard InChI is InChI=1S/C12H13BrClNO3/c1-3-18-12(17)7(2)15-11(16)9-5-4-8(14)6-10(9)13/h4-7H,3H2,1-2H3,(H,15,16). The van der Waals surface area contributed by atoms with Crippen molar-refractivity contribution in [3.05, 3.63) is 33.3 Å². The molecule has 0 saturated carbocycles. The second kappa shape index (κ2) is 6.75. The first-order valence-corrected chi connectivity index (χ1v) is 6.55. The highest BCUT2D eigenvalue weighted by molar-refractivity contribution is 9.10. The Hall–Kier alpha value is -1.07. The molecule has 1 amide bonds. The largest absolute Gasteiger partial charge is 0.464 e. The minimum Gasteiger partial charge on any atom is -0.464 e. The van der Waals surface area contributed by atoms with E-state index in [4.69, 9.17) is 16.3 Å². The van der Waals surface area contributed by atoms with Crippen molar-refractivity contribution in [2.75, 3.05) is 6.61 Å². The minimum atomic E-state index is -0.694. The summed E-state index contributed by atoms with van der Waals surface area (Å²) in [5.41, 5.74) is 0.413. The Kier molecular flexibility index (Phi) is 5.62. The van der Waals surface area contributed by atoms with E-state index in [0.717, 1.165) is 0 Å². The zero-order valence-electron chi connectivity index (χ0n) is 10.00. The summed E-state index contributed by atoms with van der Waals surface area (Å²) in [5, 5.41) is 3.08. The molecule has 0 bridgehead atoms. The molecule has 1 aromatic rings. The summed E-state index contributed by atoms with van der Waals surface area (Å²) in [7, 11) is 0. The quantitative estimate of drug-likeness (QED) is 0.862. The van der Waals surface area contributed by atoms with Crippen LogP contribution in [0.15, 0.2) is 22.7 Å². The van der Waals surface area contributed by atoms with Crippen molar-refractivity contribution in [2.24, 2.45) is 0 Å². The second-order valence-electron chi connectivity index (χ2n) is 3.57. The van der Waals surface area contributed by atoms with E-state index in [-0.39, 0.29) is 12.5 Å². The highest BCUT2D eigenvalue weighted by Gasteiger charge is 2.18. The van der Waals surface area contributed by atoms with E-state index in [1.54, 1.807) is 32.0 Å². The number of carbonyl (C=O) groups is 2. The monoisotopic (exact) mass is 333 g/mol. The number of nitrogens with one attached hydrogen (secondary N) is 1. The van der Waals surface area contributed by atoms with Gasteiger partial charge in [-0.25, -0.2) is 4.79 Å². The summed E-state index contributed by atoms with van der Waals surface area (Å²) in [6.07, 6.45) is 0. The fraction of sp³-hybridized carbons (Fsp3) is 0.333. The molecule has 0 aliphatic rings. The van der Waals surface area contributed by atoms with E-state index < -0.39 is 12.0 Å². The van der Waals surface area contributed by atoms with Crippen LogP contribution in [-0.2, 0) is 9.53 Å². The van der Waals surface area contributed by atoms with Crippen LogP contribution in [-0.4, -0.2) is 24.5 Å². The van der Waals surface area contributed by atoms with Crippen molar-refractivity contribution in [2.45, 2.75) is 19.9 Å². The average molecular weight is 335 g/mol. The molecule has 0 aromatic heterocycles. The molecule has 1 aromatic carbocycles. The molecule has 1 N–H and O–H groups in total. The van der Waals surface area contributed by atoms with Gasteiger partial charge < -0.3 is 10.1 Å². The Bertz CT molecular complexity index is 465. The zero-order chi connectivity index (χ0) is 13.7. The summed E-state index contributed by atoms with van der Waals surface area (Å²) in [4.78, 5) is 23.3. The molecule has 98 valence electrons. The number of hydrogen-bond donors (Lipinski definition) is 1. The van der Waals surface area contributed by atoms with E-state index in [1.165, 1.54) is 0 Å². The summed E-state index contributed by atoms with van der Waals surface area (Å²) >= 11 is 9.03. The molecule has 4 nitrogen and oxygen atoms in total. The zero-order valence-corrected chi connectivity index (χ0v) is 12.3. The van der Waals surface area contributed by atoms with Crippen LogP contribution in [0.4, 0.5) is 0 Å². The van der Waals surface area contributed by atoms with Crippen molar-refractivity contribution in [3.8, 4) is 0 Å². The molecule has 6 heteroatoms. The first-order valence-electron chi connectivity index (χ1n) is 5.38. The highest BCUT2D eigenvalue weighted by atomic mass is 79.9. The van der Waals surface area contributed by atoms with Crippen molar-refractivity contribution in [3.63, 3.8) is 0 Å². The average Bonchev–Trinajstić information content (AvgIpc) is 2.28. The SMILES string of the molecule is CCOC(=O)C(C)NC(=O)c1ccc(Cl)cc1Br. The molecule has 0 aliphatic heterocycles. The number of halogens is 2. The number of rotatable bonds is 4. The molecule has 18 heavy (non-hydrogen) atoms. The molecule has 1 rings (SSSR count). The molecule has 0 spiro atoms. The van der Waals surface area contributed by atoms with Gasteiger partial charge in [-0.15, -0.1) is 0 Å². The molecule has 0 fully saturated rings. The van der Waals surface area contributed by atoms with Crippen LogP contribution < -0.4 is 5.32 Å². The van der Waals surface area contributed by atoms with Gasteiger partial charge in [0.05, 0.1) is 12.2 Å². The predicted octanol–water partition coefficient (Wildman–Crippen LogP) is 2.78. The van der Waals surface area contributed by atoms with Crippen LogP contribution in [0.3, 0.4) is 0 Å². The lowest BCUT2D eigenvalue weighted by Gasteiger charge is -2.13. The smallest absolute Gasteiger partial charge is 0.328 e. The first kappa shape index (κ1) is 15.0. The van der Waals surface area contributed by atoms with Crippen LogP contribution >= 0.6 is 27.5 Å². The Morgan fingerprint density at radius 3 is 2.72 bits per heavy atom. The van der Waals surface area contributed by atoms with Crippen molar-refractivity contribution < 1.29 is 14.3 Å². The van der Waals surface area contributed by atoms with Crippen molar-refractivity contribution >= 4 is 39.4 Å². The third-order valence-corrected chi connectivity index (χ3v) is 3.05. The first-order chi connectivity index (χ1) is 8.45. The van der Waals surface area contributed by atoms with Crippen molar-refractivity contribution in [1.82, 2.24) is 5.32 Å². The molecule has 0 aliphatic carbocycles. The molecular formula is C12H13BrClNO3. The second-order valence-corrected chi connectivity index (χ2v) is 4.86. The van der Waals surface area contributed by atoms with E-state index in [9.17, 15) is 9.59 Å². The normalized spacial score (nSPS) is 11.8. The maximum Gasteiger partial charge on any atom is 0.328 e. The summed E-state index contributed by atoms with van der Waals surface area (Å²) in [6, 6.07) is 4.11. The third kappa shape index (κ3) is 3.99. The molecular weight excluding hydrogens is 321 g/mol. The van der Waals surface area contributed by atoms with Gasteiger partial charge in [0.1, 0.15) is 6.04 Å². The van der Waals surface area contributed by atoms with Crippen LogP contribution in [0, 0.1) is 0 Å². The number of esters is 1. The van der Waals surface area contributed by atoms with Gasteiger partial charge in [0.2, 0.25) is 0 Å². The molecule has 0 saturated heterocycles. The van der Waals surface area contributed by atoms with Gasteiger partial charge in [-0.2, -0.15) is 0 Å². The molecule has 0 radical (unpaired) electrons. The lowest BCUT2D eigenvalue weighted by Crippen LogP contribution is -2.39. The fourth-order valence-corrected chi connectivity index (χ4v) is 2.14. The van der Waals surface area contributed by atoms with E-state index in [1.807, 2.05) is 0 Å². The predicted molar refractivity (Wildman–Crippen MR) is 72.7 cm³/mol. The van der Waals surface area contributed by atoms with Crippen LogP contribution in [0.5, 0.6) is 0 Å². The number of carbonyl (C=O) groups excluding carboxylic acids is 2. The number of ether oxygens (including phenoxy) is 1. The van der Waals surface area contributed by atoms with Gasteiger partial charge >= 0.3 is 5.97 Å². The van der Waals surface area contributed by atoms with E-state index in [0.29, 0.717) is 15.1 Å². The third-order valence-electron chi connectivity index (χ3n) is 2.16. The maximum absolute atomic E-state index is 11.9. The van der Waals surface area contributed by atoms with Gasteiger partial charge in [0.15, 0.2) is 0 Å². The van der Waals surface area contributed by atoms with Gasteiger partial charge in [-0.3, -0.25) is 4.79 Å². The Labute approximate surface area is 119 Å². The Morgan fingerprint density at radius 2 is 2.17 bits per heavy atom. The lowest BCUT2D eigenvalue weighted by molar-refractivity contribution is -0.144. The summed E-state index contributed by atoms with van der Waals surface area (Å²) in [6.45, 7) is 3.56. The van der Waals surface area contributed by atoms with Gasteiger partial charge in [0, 0.05) is 9.50 Å².